The quantitative estimate of drug-likeness (QED) is 0.637. The van der Waals surface area contributed by atoms with Gasteiger partial charge in [-0.3, -0.25) is 4.79 Å². The van der Waals surface area contributed by atoms with E-state index in [-0.39, 0.29) is 17.8 Å². The van der Waals surface area contributed by atoms with Crippen molar-refractivity contribution in [1.82, 2.24) is 4.90 Å². The minimum Gasteiger partial charge on any atom is -0.327 e. The van der Waals surface area contributed by atoms with Crippen LogP contribution in [-0.4, -0.2) is 17.4 Å². The number of hydrogen-bond acceptors (Lipinski definition) is 2. The van der Waals surface area contributed by atoms with Crippen LogP contribution < -0.4 is 0 Å². The molecule has 0 N–H and O–H groups in total. The van der Waals surface area contributed by atoms with Crippen molar-refractivity contribution in [2.45, 2.75) is 19.4 Å². The molecule has 2 aromatic carbocycles. The van der Waals surface area contributed by atoms with Gasteiger partial charge in [0.05, 0.1) is 6.04 Å². The van der Waals surface area contributed by atoms with Gasteiger partial charge in [-0.25, -0.2) is 4.39 Å². The summed E-state index contributed by atoms with van der Waals surface area (Å²) in [7, 11) is 0. The summed E-state index contributed by atoms with van der Waals surface area (Å²) >= 11 is 1.74. The van der Waals surface area contributed by atoms with Crippen LogP contribution in [0, 0.1) is 12.7 Å². The number of hydrogen-bond donors (Lipinski definition) is 0. The smallest absolute Gasteiger partial charge is 0.254 e. The van der Waals surface area contributed by atoms with E-state index in [0.717, 1.165) is 12.0 Å². The first-order valence-corrected chi connectivity index (χ1v) is 9.21. The summed E-state index contributed by atoms with van der Waals surface area (Å²) in [5.41, 5.74) is 3.86. The lowest BCUT2D eigenvalue weighted by atomic mass is 9.92. The maximum absolute atomic E-state index is 13.6. The lowest BCUT2D eigenvalue weighted by Crippen LogP contribution is -2.40. The zero-order valence-corrected chi connectivity index (χ0v) is 14.7. The van der Waals surface area contributed by atoms with Crippen molar-refractivity contribution in [3.63, 3.8) is 0 Å². The summed E-state index contributed by atoms with van der Waals surface area (Å²) in [5.74, 6) is -0.507. The Balaban J connectivity index is 1.78. The largest absolute Gasteiger partial charge is 0.327 e. The van der Waals surface area contributed by atoms with Crippen LogP contribution in [0.25, 0.3) is 0 Å². The molecule has 0 radical (unpaired) electrons. The molecule has 0 fully saturated rings. The van der Waals surface area contributed by atoms with Crippen LogP contribution in [0.1, 0.15) is 38.0 Å². The van der Waals surface area contributed by atoms with Crippen molar-refractivity contribution in [1.29, 1.82) is 0 Å². The third-order valence-corrected chi connectivity index (χ3v) is 5.69. The number of nitrogens with zero attached hydrogens (tertiary/aromatic N) is 1. The highest BCUT2D eigenvalue weighted by Crippen LogP contribution is 2.38. The molecule has 0 aliphatic carbocycles. The molecule has 0 saturated heterocycles. The highest BCUT2D eigenvalue weighted by atomic mass is 32.1. The maximum atomic E-state index is 13.6. The van der Waals surface area contributed by atoms with E-state index >= 15 is 0 Å². The van der Waals surface area contributed by atoms with Crippen molar-refractivity contribution in [3.05, 3.63) is 92.9 Å². The summed E-state index contributed by atoms with van der Waals surface area (Å²) in [4.78, 5) is 16.3. The third kappa shape index (κ3) is 2.98. The highest BCUT2D eigenvalue weighted by molar-refractivity contribution is 7.10. The monoisotopic (exact) mass is 351 g/mol. The van der Waals surface area contributed by atoms with E-state index in [2.05, 4.69) is 42.6 Å². The molecule has 1 aromatic heterocycles. The van der Waals surface area contributed by atoms with E-state index in [9.17, 15) is 9.18 Å². The summed E-state index contributed by atoms with van der Waals surface area (Å²) in [6, 6.07) is 16.2. The molecule has 1 unspecified atom stereocenters. The Morgan fingerprint density at radius 2 is 1.96 bits per heavy atom. The number of carbonyl (C=O) groups is 1. The second kappa shape index (κ2) is 6.45. The molecular formula is C21H18FNOS. The normalized spacial score (nSPS) is 16.6. The molecule has 4 rings (SSSR count). The van der Waals surface area contributed by atoms with Crippen molar-refractivity contribution in [2.24, 2.45) is 0 Å². The summed E-state index contributed by atoms with van der Waals surface area (Å²) in [6.45, 7) is 2.69. The number of amides is 1. The Bertz CT molecular complexity index is 916. The SMILES string of the molecule is Cc1ccc(C2c3ccsc3CCN2C(=O)c2cccc(F)c2)cc1. The molecule has 0 saturated carbocycles. The molecule has 0 bridgehead atoms. The van der Waals surface area contributed by atoms with Crippen molar-refractivity contribution >= 4 is 17.2 Å². The summed E-state index contributed by atoms with van der Waals surface area (Å²) in [6.07, 6.45) is 0.844. The molecule has 0 spiro atoms. The van der Waals surface area contributed by atoms with Gasteiger partial charge in [0.1, 0.15) is 5.82 Å². The van der Waals surface area contributed by atoms with Crippen LogP contribution in [0.5, 0.6) is 0 Å². The van der Waals surface area contributed by atoms with E-state index in [1.54, 1.807) is 23.5 Å². The zero-order chi connectivity index (χ0) is 17.4. The predicted octanol–water partition coefficient (Wildman–Crippen LogP) is 4.98. The molecule has 4 heteroatoms. The predicted molar refractivity (Wildman–Crippen MR) is 98.5 cm³/mol. The fourth-order valence-electron chi connectivity index (χ4n) is 3.43. The average molecular weight is 351 g/mol. The Morgan fingerprint density at radius 3 is 2.72 bits per heavy atom. The van der Waals surface area contributed by atoms with E-state index in [0.29, 0.717) is 12.1 Å². The Hall–Kier alpha value is -2.46. The maximum Gasteiger partial charge on any atom is 0.254 e. The number of halogens is 1. The van der Waals surface area contributed by atoms with Gasteiger partial charge >= 0.3 is 0 Å². The van der Waals surface area contributed by atoms with Crippen molar-refractivity contribution < 1.29 is 9.18 Å². The first kappa shape index (κ1) is 16.0. The summed E-state index contributed by atoms with van der Waals surface area (Å²) in [5, 5.41) is 2.09. The molecule has 1 aliphatic rings. The fourth-order valence-corrected chi connectivity index (χ4v) is 4.33. The first-order valence-electron chi connectivity index (χ1n) is 8.33. The van der Waals surface area contributed by atoms with Crippen LogP contribution in [0.4, 0.5) is 4.39 Å². The van der Waals surface area contributed by atoms with Crippen LogP contribution in [-0.2, 0) is 6.42 Å². The van der Waals surface area contributed by atoms with Gasteiger partial charge < -0.3 is 4.90 Å². The Labute approximate surface area is 150 Å². The van der Waals surface area contributed by atoms with Crippen molar-refractivity contribution in [3.8, 4) is 0 Å². The standard InChI is InChI=1S/C21H18FNOS/c1-14-5-7-15(8-6-14)20-18-10-12-25-19(18)9-11-23(20)21(24)16-3-2-4-17(22)13-16/h2-8,10,12-13,20H,9,11H2,1H3. The molecular weight excluding hydrogens is 333 g/mol. The molecule has 1 amide bonds. The fraction of sp³-hybridized carbons (Fsp3) is 0.190. The number of carbonyl (C=O) groups excluding carboxylic acids is 1. The molecule has 1 aliphatic heterocycles. The zero-order valence-electron chi connectivity index (χ0n) is 13.9. The second-order valence-corrected chi connectivity index (χ2v) is 7.37. The van der Waals surface area contributed by atoms with Gasteiger partial charge in [0.2, 0.25) is 0 Å². The average Bonchev–Trinajstić information content (AvgIpc) is 3.10. The van der Waals surface area contributed by atoms with E-state index < -0.39 is 0 Å². The number of fused-ring (bicyclic) bond motifs is 1. The van der Waals surface area contributed by atoms with E-state index in [4.69, 9.17) is 0 Å². The minimum absolute atomic E-state index is 0.119. The molecule has 1 atom stereocenters. The third-order valence-electron chi connectivity index (χ3n) is 4.69. The van der Waals surface area contributed by atoms with Gasteiger partial charge in [0.15, 0.2) is 0 Å². The van der Waals surface area contributed by atoms with Gasteiger partial charge in [0, 0.05) is 17.0 Å². The topological polar surface area (TPSA) is 20.3 Å². The molecule has 2 heterocycles. The van der Waals surface area contributed by atoms with E-state index in [1.807, 2.05) is 4.90 Å². The van der Waals surface area contributed by atoms with Crippen LogP contribution in [0.3, 0.4) is 0 Å². The lowest BCUT2D eigenvalue weighted by Gasteiger charge is -2.36. The Morgan fingerprint density at radius 1 is 1.16 bits per heavy atom. The minimum atomic E-state index is -0.383. The van der Waals surface area contributed by atoms with E-state index in [1.165, 1.54) is 28.1 Å². The first-order chi connectivity index (χ1) is 12.1. The summed E-state index contributed by atoms with van der Waals surface area (Å²) < 4.78 is 13.6. The van der Waals surface area contributed by atoms with Gasteiger partial charge in [-0.15, -0.1) is 11.3 Å². The second-order valence-electron chi connectivity index (χ2n) is 6.37. The van der Waals surface area contributed by atoms with Gasteiger partial charge in [0.25, 0.3) is 5.91 Å². The van der Waals surface area contributed by atoms with Gasteiger partial charge in [-0.05, 0) is 54.1 Å². The molecule has 25 heavy (non-hydrogen) atoms. The number of rotatable bonds is 2. The lowest BCUT2D eigenvalue weighted by molar-refractivity contribution is 0.0695. The number of aryl methyl sites for hydroxylation is 1. The highest BCUT2D eigenvalue weighted by Gasteiger charge is 2.33. The number of thiophene rings is 1. The van der Waals surface area contributed by atoms with Crippen LogP contribution >= 0.6 is 11.3 Å². The number of benzene rings is 2. The molecule has 2 nitrogen and oxygen atoms in total. The Kier molecular flexibility index (Phi) is 4.14. The molecule has 126 valence electrons. The molecule has 3 aromatic rings. The van der Waals surface area contributed by atoms with Gasteiger partial charge in [-0.2, -0.15) is 0 Å². The van der Waals surface area contributed by atoms with Crippen LogP contribution in [0.2, 0.25) is 0 Å². The van der Waals surface area contributed by atoms with Crippen LogP contribution in [0.15, 0.2) is 60.0 Å². The van der Waals surface area contributed by atoms with Gasteiger partial charge in [-0.1, -0.05) is 35.9 Å². The van der Waals surface area contributed by atoms with Crippen molar-refractivity contribution in [2.75, 3.05) is 6.54 Å².